The molecule has 1 aromatic carbocycles. The predicted molar refractivity (Wildman–Crippen MR) is 97.4 cm³/mol. The Bertz CT molecular complexity index is 796. The summed E-state index contributed by atoms with van der Waals surface area (Å²) in [6, 6.07) is 7.65. The maximum Gasteiger partial charge on any atom is 0.262 e. The van der Waals surface area contributed by atoms with E-state index in [4.69, 9.17) is 0 Å². The number of carbonyl (C=O) groups excluding carboxylic acids is 1. The number of carbonyl (C=O) groups is 1. The fourth-order valence-electron chi connectivity index (χ4n) is 3.12. The molecule has 0 saturated heterocycles. The van der Waals surface area contributed by atoms with E-state index in [0.29, 0.717) is 28.6 Å². The van der Waals surface area contributed by atoms with E-state index in [-0.39, 0.29) is 16.7 Å². The van der Waals surface area contributed by atoms with Gasteiger partial charge in [0.05, 0.1) is 16.2 Å². The van der Waals surface area contributed by atoms with Crippen molar-refractivity contribution in [2.45, 2.75) is 62.5 Å². The third-order valence-corrected chi connectivity index (χ3v) is 5.59. The molecule has 0 bridgehead atoms. The van der Waals surface area contributed by atoms with Gasteiger partial charge in [0.25, 0.3) is 5.56 Å². The number of nitrogens with zero attached hydrogens (tertiary/aromatic N) is 2. The smallest absolute Gasteiger partial charge is 0.262 e. The Morgan fingerprint density at radius 2 is 2.08 bits per heavy atom. The zero-order chi connectivity index (χ0) is 17.1. The SMILES string of the molecule is CCn1c(S[C@H](C)C(=O)NC2CCCC2)nc2ccccc2c1=O. The van der Waals surface area contributed by atoms with Gasteiger partial charge < -0.3 is 5.32 Å². The van der Waals surface area contributed by atoms with Crippen LogP contribution in [0.15, 0.2) is 34.2 Å². The number of aromatic nitrogens is 2. The highest BCUT2D eigenvalue weighted by atomic mass is 32.2. The number of hydrogen-bond donors (Lipinski definition) is 1. The van der Waals surface area contributed by atoms with Crippen LogP contribution >= 0.6 is 11.8 Å². The Labute approximate surface area is 145 Å². The Kier molecular flexibility index (Phi) is 5.23. The van der Waals surface area contributed by atoms with Gasteiger partial charge >= 0.3 is 0 Å². The standard InChI is InChI=1S/C18H23N3O2S/c1-3-21-17(23)14-10-6-7-11-15(14)20-18(21)24-12(2)16(22)19-13-8-4-5-9-13/h6-7,10-13H,3-5,8-9H2,1-2H3,(H,19,22)/t12-/m1/s1. The molecular formula is C18H23N3O2S. The molecule has 1 fully saturated rings. The molecule has 6 heteroatoms. The summed E-state index contributed by atoms with van der Waals surface area (Å²) in [6.45, 7) is 4.33. The van der Waals surface area contributed by atoms with E-state index >= 15 is 0 Å². The van der Waals surface area contributed by atoms with E-state index in [0.717, 1.165) is 12.8 Å². The first-order valence-corrected chi connectivity index (χ1v) is 9.44. The molecule has 0 unspecified atom stereocenters. The number of para-hydroxylation sites is 1. The first-order valence-electron chi connectivity index (χ1n) is 8.56. The number of nitrogens with one attached hydrogen (secondary N) is 1. The van der Waals surface area contributed by atoms with E-state index in [2.05, 4.69) is 10.3 Å². The number of thioether (sulfide) groups is 1. The number of rotatable bonds is 5. The van der Waals surface area contributed by atoms with Gasteiger partial charge in [0.1, 0.15) is 0 Å². The molecule has 5 nitrogen and oxygen atoms in total. The van der Waals surface area contributed by atoms with Crippen molar-refractivity contribution in [1.29, 1.82) is 0 Å². The van der Waals surface area contributed by atoms with Gasteiger partial charge in [-0.15, -0.1) is 0 Å². The minimum Gasteiger partial charge on any atom is -0.352 e. The summed E-state index contributed by atoms with van der Waals surface area (Å²) < 4.78 is 1.65. The summed E-state index contributed by atoms with van der Waals surface area (Å²) in [5.41, 5.74) is 0.632. The topological polar surface area (TPSA) is 64.0 Å². The van der Waals surface area contributed by atoms with Crippen LogP contribution in [0.3, 0.4) is 0 Å². The van der Waals surface area contributed by atoms with Crippen molar-refractivity contribution in [2.75, 3.05) is 0 Å². The highest BCUT2D eigenvalue weighted by Gasteiger charge is 2.23. The highest BCUT2D eigenvalue weighted by Crippen LogP contribution is 2.24. The van der Waals surface area contributed by atoms with E-state index in [1.807, 2.05) is 32.0 Å². The van der Waals surface area contributed by atoms with Crippen LogP contribution < -0.4 is 10.9 Å². The minimum atomic E-state index is -0.281. The number of hydrogen-bond acceptors (Lipinski definition) is 4. The van der Waals surface area contributed by atoms with Gasteiger partial charge in [0.15, 0.2) is 5.16 Å². The van der Waals surface area contributed by atoms with Gasteiger partial charge in [-0.05, 0) is 38.8 Å². The Morgan fingerprint density at radius 3 is 2.79 bits per heavy atom. The first kappa shape index (κ1) is 17.0. The van der Waals surface area contributed by atoms with Gasteiger partial charge in [-0.2, -0.15) is 0 Å². The Hall–Kier alpha value is -1.82. The molecule has 1 aliphatic carbocycles. The molecule has 1 N–H and O–H groups in total. The summed E-state index contributed by atoms with van der Waals surface area (Å²) in [7, 11) is 0. The Balaban J connectivity index is 1.83. The van der Waals surface area contributed by atoms with Gasteiger partial charge in [-0.1, -0.05) is 36.7 Å². The van der Waals surface area contributed by atoms with Crippen LogP contribution in [0.2, 0.25) is 0 Å². The molecule has 24 heavy (non-hydrogen) atoms. The molecular weight excluding hydrogens is 322 g/mol. The van der Waals surface area contributed by atoms with Crippen LogP contribution in [0.5, 0.6) is 0 Å². The third kappa shape index (κ3) is 3.48. The molecule has 0 spiro atoms. The lowest BCUT2D eigenvalue weighted by Gasteiger charge is -2.18. The van der Waals surface area contributed by atoms with Crippen LogP contribution in [0.4, 0.5) is 0 Å². The summed E-state index contributed by atoms with van der Waals surface area (Å²) in [5, 5.41) is 4.06. The normalized spacial score (nSPS) is 16.4. The lowest BCUT2D eigenvalue weighted by Crippen LogP contribution is -2.38. The first-order chi connectivity index (χ1) is 11.6. The average Bonchev–Trinajstić information content (AvgIpc) is 3.08. The molecule has 2 aromatic rings. The number of benzene rings is 1. The zero-order valence-electron chi connectivity index (χ0n) is 14.1. The molecule has 1 heterocycles. The molecule has 0 aliphatic heterocycles. The molecule has 1 atom stereocenters. The van der Waals surface area contributed by atoms with Crippen molar-refractivity contribution in [2.24, 2.45) is 0 Å². The van der Waals surface area contributed by atoms with Crippen LogP contribution in [-0.4, -0.2) is 26.8 Å². The lowest BCUT2D eigenvalue weighted by atomic mass is 10.2. The van der Waals surface area contributed by atoms with E-state index in [1.54, 1.807) is 10.6 Å². The van der Waals surface area contributed by atoms with Crippen molar-refractivity contribution in [3.63, 3.8) is 0 Å². The van der Waals surface area contributed by atoms with Crippen molar-refractivity contribution >= 4 is 28.6 Å². The largest absolute Gasteiger partial charge is 0.352 e. The number of fused-ring (bicyclic) bond motifs is 1. The monoisotopic (exact) mass is 345 g/mol. The van der Waals surface area contributed by atoms with E-state index in [1.165, 1.54) is 24.6 Å². The molecule has 128 valence electrons. The van der Waals surface area contributed by atoms with Crippen molar-refractivity contribution in [3.8, 4) is 0 Å². The van der Waals surface area contributed by atoms with Gasteiger partial charge in [0.2, 0.25) is 5.91 Å². The quantitative estimate of drug-likeness (QED) is 0.668. The second kappa shape index (κ2) is 7.38. The molecule has 1 aromatic heterocycles. The van der Waals surface area contributed by atoms with Crippen LogP contribution in [0, 0.1) is 0 Å². The fraction of sp³-hybridized carbons (Fsp3) is 0.500. The van der Waals surface area contributed by atoms with Crippen molar-refractivity contribution < 1.29 is 4.79 Å². The molecule has 3 rings (SSSR count). The second-order valence-corrected chi connectivity index (χ2v) is 7.52. The summed E-state index contributed by atoms with van der Waals surface area (Å²) >= 11 is 1.36. The zero-order valence-corrected chi connectivity index (χ0v) is 14.9. The van der Waals surface area contributed by atoms with E-state index in [9.17, 15) is 9.59 Å². The number of amides is 1. The molecule has 1 aliphatic rings. The molecule has 1 amide bonds. The Morgan fingerprint density at radius 1 is 1.38 bits per heavy atom. The predicted octanol–water partition coefficient (Wildman–Crippen LogP) is 2.96. The van der Waals surface area contributed by atoms with Crippen LogP contribution in [-0.2, 0) is 11.3 Å². The summed E-state index contributed by atoms with van der Waals surface area (Å²) in [4.78, 5) is 29.6. The highest BCUT2D eigenvalue weighted by molar-refractivity contribution is 8.00. The van der Waals surface area contributed by atoms with E-state index < -0.39 is 0 Å². The third-order valence-electron chi connectivity index (χ3n) is 4.50. The average molecular weight is 345 g/mol. The molecule has 0 radical (unpaired) electrons. The van der Waals surface area contributed by atoms with Crippen molar-refractivity contribution in [3.05, 3.63) is 34.6 Å². The lowest BCUT2D eigenvalue weighted by molar-refractivity contribution is -0.120. The van der Waals surface area contributed by atoms with Gasteiger partial charge in [0, 0.05) is 12.6 Å². The summed E-state index contributed by atoms with van der Waals surface area (Å²) in [6.07, 6.45) is 4.51. The van der Waals surface area contributed by atoms with Gasteiger partial charge in [-0.25, -0.2) is 4.98 Å². The van der Waals surface area contributed by atoms with Crippen molar-refractivity contribution in [1.82, 2.24) is 14.9 Å². The summed E-state index contributed by atoms with van der Waals surface area (Å²) in [5.74, 6) is 0.0250. The maximum absolute atomic E-state index is 12.6. The fourth-order valence-corrected chi connectivity index (χ4v) is 4.10. The van der Waals surface area contributed by atoms with Crippen LogP contribution in [0.1, 0.15) is 39.5 Å². The molecule has 1 saturated carbocycles. The second-order valence-electron chi connectivity index (χ2n) is 6.21. The maximum atomic E-state index is 12.6. The van der Waals surface area contributed by atoms with Gasteiger partial charge in [-0.3, -0.25) is 14.2 Å². The minimum absolute atomic E-state index is 0.0250. The van der Waals surface area contributed by atoms with Crippen LogP contribution in [0.25, 0.3) is 10.9 Å².